The Labute approximate surface area is 99.0 Å². The number of hydrogen-bond donors (Lipinski definition) is 1. The fourth-order valence-electron chi connectivity index (χ4n) is 2.30. The molecule has 90 valence electrons. The molecule has 0 radical (unpaired) electrons. The van der Waals surface area contributed by atoms with Gasteiger partial charge in [0.1, 0.15) is 5.56 Å². The Morgan fingerprint density at radius 2 is 2.00 bits per heavy atom. The van der Waals surface area contributed by atoms with Crippen LogP contribution in [-0.4, -0.2) is 17.2 Å². The minimum Gasteiger partial charge on any atom is -0.399 e. The minimum atomic E-state index is -0.398. The number of carbonyl (C=O) groups is 1. The van der Waals surface area contributed by atoms with Gasteiger partial charge in [-0.3, -0.25) is 0 Å². The van der Waals surface area contributed by atoms with E-state index in [0.717, 1.165) is 25.7 Å². The summed E-state index contributed by atoms with van der Waals surface area (Å²) in [5.74, 6) is 0.118. The summed E-state index contributed by atoms with van der Waals surface area (Å²) in [6, 6.07) is 5.16. The second-order valence-corrected chi connectivity index (χ2v) is 4.45. The lowest BCUT2D eigenvalue weighted by atomic mass is 10.2. The van der Waals surface area contributed by atoms with Crippen LogP contribution in [0.5, 0.6) is 5.75 Å². The second-order valence-electron chi connectivity index (χ2n) is 4.45. The van der Waals surface area contributed by atoms with Gasteiger partial charge >= 0.3 is 5.97 Å². The van der Waals surface area contributed by atoms with Crippen LogP contribution >= 0.6 is 0 Å². The first kappa shape index (κ1) is 10.4. The SMILES string of the molecule is Nc1ccc2c(c1)C(=O)ON(C1CCCC1)O2. The molecule has 1 heterocycles. The third kappa shape index (κ3) is 1.82. The Hall–Kier alpha value is -1.75. The number of anilines is 1. The molecule has 17 heavy (non-hydrogen) atoms. The maximum absolute atomic E-state index is 11.8. The summed E-state index contributed by atoms with van der Waals surface area (Å²) in [7, 11) is 0. The maximum Gasteiger partial charge on any atom is 0.364 e. The second kappa shape index (κ2) is 3.92. The highest BCUT2D eigenvalue weighted by Gasteiger charge is 2.33. The smallest absolute Gasteiger partial charge is 0.364 e. The van der Waals surface area contributed by atoms with Crippen LogP contribution in [0.2, 0.25) is 0 Å². The van der Waals surface area contributed by atoms with Crippen molar-refractivity contribution in [3.05, 3.63) is 23.8 Å². The Morgan fingerprint density at radius 1 is 1.24 bits per heavy atom. The van der Waals surface area contributed by atoms with Gasteiger partial charge in [0.25, 0.3) is 0 Å². The highest BCUT2D eigenvalue weighted by molar-refractivity contribution is 5.93. The van der Waals surface area contributed by atoms with E-state index in [9.17, 15) is 4.79 Å². The molecular formula is C12H14N2O3. The van der Waals surface area contributed by atoms with Crippen LogP contribution in [-0.2, 0) is 4.84 Å². The largest absolute Gasteiger partial charge is 0.399 e. The molecule has 0 atom stereocenters. The first-order valence-electron chi connectivity index (χ1n) is 5.83. The molecule has 0 spiro atoms. The minimum absolute atomic E-state index is 0.171. The summed E-state index contributed by atoms with van der Waals surface area (Å²) in [6.45, 7) is 0. The van der Waals surface area contributed by atoms with Crippen LogP contribution in [0.15, 0.2) is 18.2 Å². The average molecular weight is 234 g/mol. The van der Waals surface area contributed by atoms with E-state index in [1.807, 2.05) is 0 Å². The van der Waals surface area contributed by atoms with Gasteiger partial charge in [0.05, 0.1) is 6.04 Å². The molecule has 1 fully saturated rings. The third-order valence-electron chi connectivity index (χ3n) is 3.21. The van der Waals surface area contributed by atoms with Crippen molar-refractivity contribution in [2.75, 3.05) is 5.73 Å². The number of fused-ring (bicyclic) bond motifs is 1. The zero-order valence-corrected chi connectivity index (χ0v) is 9.39. The van der Waals surface area contributed by atoms with E-state index < -0.39 is 5.97 Å². The molecule has 0 bridgehead atoms. The van der Waals surface area contributed by atoms with Gasteiger partial charge in [-0.25, -0.2) is 4.79 Å². The molecule has 1 saturated carbocycles. The summed E-state index contributed by atoms with van der Waals surface area (Å²) in [5.41, 5.74) is 6.54. The van der Waals surface area contributed by atoms with Crippen molar-refractivity contribution >= 4 is 11.7 Å². The molecule has 0 amide bonds. The van der Waals surface area contributed by atoms with Gasteiger partial charge in [0, 0.05) is 10.9 Å². The van der Waals surface area contributed by atoms with Crippen molar-refractivity contribution in [3.63, 3.8) is 0 Å². The van der Waals surface area contributed by atoms with Crippen LogP contribution in [0.1, 0.15) is 36.0 Å². The summed E-state index contributed by atoms with van der Waals surface area (Å²) in [6.07, 6.45) is 4.29. The van der Waals surface area contributed by atoms with Crippen molar-refractivity contribution in [1.29, 1.82) is 0 Å². The molecule has 1 aromatic carbocycles. The van der Waals surface area contributed by atoms with E-state index in [4.69, 9.17) is 15.4 Å². The van der Waals surface area contributed by atoms with Gasteiger partial charge in [-0.15, -0.1) is 0 Å². The van der Waals surface area contributed by atoms with E-state index in [0.29, 0.717) is 17.0 Å². The van der Waals surface area contributed by atoms with Crippen LogP contribution in [0.3, 0.4) is 0 Å². The maximum atomic E-state index is 11.8. The van der Waals surface area contributed by atoms with Crippen LogP contribution < -0.4 is 10.6 Å². The lowest BCUT2D eigenvalue weighted by Gasteiger charge is -2.30. The molecule has 1 aliphatic carbocycles. The summed E-state index contributed by atoms with van der Waals surface area (Å²) < 4.78 is 0. The number of benzene rings is 1. The lowest BCUT2D eigenvalue weighted by Crippen LogP contribution is -2.41. The zero-order valence-electron chi connectivity index (χ0n) is 9.39. The number of carbonyl (C=O) groups excluding carboxylic acids is 1. The molecule has 0 aromatic heterocycles. The van der Waals surface area contributed by atoms with Gasteiger partial charge in [-0.05, 0) is 31.0 Å². The molecular weight excluding hydrogens is 220 g/mol. The summed E-state index contributed by atoms with van der Waals surface area (Å²) >= 11 is 0. The fourth-order valence-corrected chi connectivity index (χ4v) is 2.30. The first-order valence-corrected chi connectivity index (χ1v) is 5.83. The summed E-state index contributed by atoms with van der Waals surface area (Å²) in [5, 5.41) is 1.34. The first-order chi connectivity index (χ1) is 8.24. The molecule has 2 N–H and O–H groups in total. The van der Waals surface area contributed by atoms with Crippen LogP contribution in [0.4, 0.5) is 5.69 Å². The molecule has 2 aliphatic rings. The van der Waals surface area contributed by atoms with Crippen molar-refractivity contribution in [3.8, 4) is 5.75 Å². The average Bonchev–Trinajstić information content (AvgIpc) is 2.83. The van der Waals surface area contributed by atoms with Crippen molar-refractivity contribution in [2.24, 2.45) is 0 Å². The van der Waals surface area contributed by atoms with Crippen LogP contribution in [0.25, 0.3) is 0 Å². The Morgan fingerprint density at radius 3 is 2.76 bits per heavy atom. The molecule has 3 rings (SSSR count). The predicted molar refractivity (Wildman–Crippen MR) is 61.0 cm³/mol. The van der Waals surface area contributed by atoms with E-state index in [-0.39, 0.29) is 6.04 Å². The van der Waals surface area contributed by atoms with E-state index in [1.54, 1.807) is 18.2 Å². The van der Waals surface area contributed by atoms with Crippen LogP contribution in [0, 0.1) is 0 Å². The number of nitrogen functional groups attached to an aromatic ring is 1. The van der Waals surface area contributed by atoms with Gasteiger partial charge in [-0.2, -0.15) is 0 Å². The van der Waals surface area contributed by atoms with Crippen molar-refractivity contribution in [2.45, 2.75) is 31.7 Å². The molecule has 0 unspecified atom stereocenters. The number of rotatable bonds is 1. The normalized spacial score (nSPS) is 20.8. The third-order valence-corrected chi connectivity index (χ3v) is 3.21. The quantitative estimate of drug-likeness (QED) is 0.752. The monoisotopic (exact) mass is 234 g/mol. The lowest BCUT2D eigenvalue weighted by molar-refractivity contribution is -0.309. The standard InChI is InChI=1S/C12H14N2O3/c13-8-5-6-11-10(7-8)12(15)17-14(16-11)9-3-1-2-4-9/h5-7,9H,1-4,13H2. The fraction of sp³-hybridized carbons (Fsp3) is 0.417. The molecule has 5 heteroatoms. The molecule has 5 nitrogen and oxygen atoms in total. The highest BCUT2D eigenvalue weighted by atomic mass is 17.0. The van der Waals surface area contributed by atoms with Crippen molar-refractivity contribution < 1.29 is 14.5 Å². The van der Waals surface area contributed by atoms with Gasteiger partial charge in [0.2, 0.25) is 0 Å². The molecule has 0 saturated heterocycles. The summed E-state index contributed by atoms with van der Waals surface area (Å²) in [4.78, 5) is 22.5. The van der Waals surface area contributed by atoms with Gasteiger partial charge < -0.3 is 15.4 Å². The Bertz CT molecular complexity index is 455. The number of nitrogens with two attached hydrogens (primary N) is 1. The van der Waals surface area contributed by atoms with E-state index >= 15 is 0 Å². The molecule has 1 aromatic rings. The number of hydroxylamine groups is 2. The van der Waals surface area contributed by atoms with E-state index in [1.165, 1.54) is 5.23 Å². The topological polar surface area (TPSA) is 64.8 Å². The van der Waals surface area contributed by atoms with Crippen molar-refractivity contribution in [1.82, 2.24) is 5.23 Å². The number of nitrogens with zero attached hydrogens (tertiary/aromatic N) is 1. The number of hydrogen-bond acceptors (Lipinski definition) is 5. The highest BCUT2D eigenvalue weighted by Crippen LogP contribution is 2.32. The van der Waals surface area contributed by atoms with E-state index in [2.05, 4.69) is 0 Å². The predicted octanol–water partition coefficient (Wildman–Crippen LogP) is 1.89. The Kier molecular flexibility index (Phi) is 2.40. The Balaban J connectivity index is 1.87. The van der Waals surface area contributed by atoms with Gasteiger partial charge in [0.15, 0.2) is 5.75 Å². The molecule has 1 aliphatic heterocycles. The van der Waals surface area contributed by atoms with Gasteiger partial charge in [-0.1, -0.05) is 12.8 Å². The zero-order chi connectivity index (χ0) is 11.8.